The van der Waals surface area contributed by atoms with E-state index in [-0.39, 0.29) is 0 Å². The first-order valence-electron chi connectivity index (χ1n) is 6.51. The Morgan fingerprint density at radius 1 is 1.39 bits per heavy atom. The number of rotatable bonds is 7. The fraction of sp³-hybridized carbons (Fsp3) is 0.571. The second-order valence-corrected chi connectivity index (χ2v) is 5.42. The van der Waals surface area contributed by atoms with Crippen LogP contribution in [0.4, 0.5) is 0 Å². The number of nitrogens with zero attached hydrogens (tertiary/aromatic N) is 1. The van der Waals surface area contributed by atoms with Crippen LogP contribution in [0, 0.1) is 0 Å². The number of halogens is 1. The maximum Gasteiger partial charge on any atom is 0.0914 e. The van der Waals surface area contributed by atoms with E-state index in [1.807, 2.05) is 12.1 Å². The average molecular weight is 269 g/mol. The second-order valence-electron chi connectivity index (χ2n) is 4.98. The van der Waals surface area contributed by atoms with Crippen molar-refractivity contribution in [2.45, 2.75) is 25.0 Å². The van der Waals surface area contributed by atoms with E-state index in [4.69, 9.17) is 11.6 Å². The van der Waals surface area contributed by atoms with Crippen LogP contribution in [0.5, 0.6) is 0 Å². The molecule has 0 amide bonds. The Morgan fingerprint density at radius 3 is 2.67 bits per heavy atom. The van der Waals surface area contributed by atoms with Gasteiger partial charge in [-0.05, 0) is 37.6 Å². The predicted octanol–water partition coefficient (Wildman–Crippen LogP) is 2.06. The molecule has 18 heavy (non-hydrogen) atoms. The number of nitrogens with one attached hydrogen (secondary N) is 1. The number of benzene rings is 1. The van der Waals surface area contributed by atoms with E-state index >= 15 is 0 Å². The molecule has 0 heterocycles. The summed E-state index contributed by atoms with van der Waals surface area (Å²) in [4.78, 5) is 2.38. The average Bonchev–Trinajstić information content (AvgIpc) is 3.19. The summed E-state index contributed by atoms with van der Waals surface area (Å²) in [6.07, 6.45) is 2.21. The lowest BCUT2D eigenvalue weighted by atomic mass is 10.1. The Hall–Kier alpha value is -0.610. The zero-order chi connectivity index (χ0) is 13.0. The molecule has 0 aromatic heterocycles. The van der Waals surface area contributed by atoms with Crippen LogP contribution in [-0.2, 0) is 0 Å². The topological polar surface area (TPSA) is 35.5 Å². The first-order chi connectivity index (χ1) is 8.66. The van der Waals surface area contributed by atoms with Crippen LogP contribution >= 0.6 is 11.6 Å². The SMILES string of the molecule is CN(CCNCC(O)c1ccc(Cl)cc1)C1CC1. The summed E-state index contributed by atoms with van der Waals surface area (Å²) in [6, 6.07) is 8.14. The van der Waals surface area contributed by atoms with Crippen LogP contribution in [0.25, 0.3) is 0 Å². The van der Waals surface area contributed by atoms with Crippen molar-refractivity contribution in [1.82, 2.24) is 10.2 Å². The molecule has 1 aromatic rings. The summed E-state index contributed by atoms with van der Waals surface area (Å²) in [5.41, 5.74) is 0.905. The monoisotopic (exact) mass is 268 g/mol. The minimum Gasteiger partial charge on any atom is -0.387 e. The highest BCUT2D eigenvalue weighted by molar-refractivity contribution is 6.30. The predicted molar refractivity (Wildman–Crippen MR) is 74.9 cm³/mol. The van der Waals surface area contributed by atoms with Crippen LogP contribution in [0.15, 0.2) is 24.3 Å². The van der Waals surface area contributed by atoms with Gasteiger partial charge in [0.1, 0.15) is 0 Å². The molecule has 0 spiro atoms. The van der Waals surface area contributed by atoms with Crippen molar-refractivity contribution < 1.29 is 5.11 Å². The summed E-state index contributed by atoms with van der Waals surface area (Å²) >= 11 is 5.81. The summed E-state index contributed by atoms with van der Waals surface area (Å²) in [7, 11) is 2.16. The fourth-order valence-corrected chi connectivity index (χ4v) is 2.12. The van der Waals surface area contributed by atoms with Crippen LogP contribution in [0.1, 0.15) is 24.5 Å². The van der Waals surface area contributed by atoms with Gasteiger partial charge in [-0.3, -0.25) is 0 Å². The Kier molecular flexibility index (Phi) is 5.01. The fourth-order valence-electron chi connectivity index (χ4n) is 1.99. The normalized spacial score (nSPS) is 17.1. The summed E-state index contributed by atoms with van der Waals surface area (Å²) in [5, 5.41) is 14.0. The molecule has 1 aliphatic rings. The van der Waals surface area contributed by atoms with E-state index in [1.54, 1.807) is 12.1 Å². The molecule has 3 nitrogen and oxygen atoms in total. The Balaban J connectivity index is 1.64. The zero-order valence-corrected chi connectivity index (χ0v) is 11.5. The van der Waals surface area contributed by atoms with E-state index in [2.05, 4.69) is 17.3 Å². The number of aliphatic hydroxyl groups is 1. The maximum absolute atomic E-state index is 9.98. The quantitative estimate of drug-likeness (QED) is 0.743. The van der Waals surface area contributed by atoms with Crippen LogP contribution in [0.2, 0.25) is 5.02 Å². The lowest BCUT2D eigenvalue weighted by molar-refractivity contribution is 0.173. The standard InChI is InChI=1S/C14H21ClN2O/c1-17(13-6-7-13)9-8-16-10-14(18)11-2-4-12(15)5-3-11/h2-5,13-14,16,18H,6-10H2,1H3. The first kappa shape index (κ1) is 13.8. The molecule has 0 aliphatic heterocycles. The highest BCUT2D eigenvalue weighted by atomic mass is 35.5. The van der Waals surface area contributed by atoms with Gasteiger partial charge >= 0.3 is 0 Å². The van der Waals surface area contributed by atoms with Gasteiger partial charge in [0.15, 0.2) is 0 Å². The van der Waals surface area contributed by atoms with E-state index in [9.17, 15) is 5.11 Å². The van der Waals surface area contributed by atoms with Crippen LogP contribution in [-0.4, -0.2) is 42.7 Å². The van der Waals surface area contributed by atoms with Crippen molar-refractivity contribution in [2.75, 3.05) is 26.7 Å². The largest absolute Gasteiger partial charge is 0.387 e. The molecular formula is C14H21ClN2O. The molecule has 0 saturated heterocycles. The van der Waals surface area contributed by atoms with Gasteiger partial charge in [0, 0.05) is 30.7 Å². The lowest BCUT2D eigenvalue weighted by Gasteiger charge is -2.17. The minimum absolute atomic E-state index is 0.464. The van der Waals surface area contributed by atoms with Gasteiger partial charge < -0.3 is 15.3 Å². The van der Waals surface area contributed by atoms with Crippen molar-refractivity contribution >= 4 is 11.6 Å². The van der Waals surface area contributed by atoms with Gasteiger partial charge in [0.05, 0.1) is 6.10 Å². The highest BCUT2D eigenvalue weighted by Gasteiger charge is 2.25. The summed E-state index contributed by atoms with van der Waals surface area (Å²) < 4.78 is 0. The Bertz CT molecular complexity index is 365. The van der Waals surface area contributed by atoms with Crippen molar-refractivity contribution in [3.05, 3.63) is 34.9 Å². The molecule has 100 valence electrons. The maximum atomic E-state index is 9.98. The second kappa shape index (κ2) is 6.53. The first-order valence-corrected chi connectivity index (χ1v) is 6.89. The lowest BCUT2D eigenvalue weighted by Crippen LogP contribution is -2.32. The van der Waals surface area contributed by atoms with E-state index in [0.717, 1.165) is 24.7 Å². The molecule has 1 fully saturated rings. The molecule has 1 saturated carbocycles. The van der Waals surface area contributed by atoms with Crippen molar-refractivity contribution in [1.29, 1.82) is 0 Å². The van der Waals surface area contributed by atoms with E-state index in [1.165, 1.54) is 12.8 Å². The number of hydrogen-bond donors (Lipinski definition) is 2. The van der Waals surface area contributed by atoms with Gasteiger partial charge in [0.2, 0.25) is 0 Å². The molecular weight excluding hydrogens is 248 g/mol. The summed E-state index contributed by atoms with van der Waals surface area (Å²) in [5.74, 6) is 0. The third kappa shape index (κ3) is 4.25. The number of likely N-dealkylation sites (N-methyl/N-ethyl adjacent to an activating group) is 1. The minimum atomic E-state index is -0.464. The van der Waals surface area contributed by atoms with Crippen molar-refractivity contribution in [2.24, 2.45) is 0 Å². The van der Waals surface area contributed by atoms with Gasteiger partial charge in [-0.15, -0.1) is 0 Å². The number of hydrogen-bond acceptors (Lipinski definition) is 3. The Labute approximate surface area is 114 Å². The third-order valence-electron chi connectivity index (χ3n) is 3.40. The molecule has 2 rings (SSSR count). The number of aliphatic hydroxyl groups excluding tert-OH is 1. The van der Waals surface area contributed by atoms with E-state index in [0.29, 0.717) is 11.6 Å². The van der Waals surface area contributed by atoms with Gasteiger partial charge in [-0.2, -0.15) is 0 Å². The van der Waals surface area contributed by atoms with Gasteiger partial charge in [-0.1, -0.05) is 23.7 Å². The molecule has 1 unspecified atom stereocenters. The van der Waals surface area contributed by atoms with Crippen LogP contribution in [0.3, 0.4) is 0 Å². The summed E-state index contributed by atoms with van der Waals surface area (Å²) in [6.45, 7) is 2.54. The molecule has 4 heteroatoms. The van der Waals surface area contributed by atoms with Crippen molar-refractivity contribution in [3.63, 3.8) is 0 Å². The molecule has 1 atom stereocenters. The Morgan fingerprint density at radius 2 is 2.06 bits per heavy atom. The van der Waals surface area contributed by atoms with Crippen molar-refractivity contribution in [3.8, 4) is 0 Å². The third-order valence-corrected chi connectivity index (χ3v) is 3.66. The molecule has 1 aromatic carbocycles. The molecule has 2 N–H and O–H groups in total. The molecule has 0 radical (unpaired) electrons. The smallest absolute Gasteiger partial charge is 0.0914 e. The van der Waals surface area contributed by atoms with E-state index < -0.39 is 6.10 Å². The molecule has 0 bridgehead atoms. The zero-order valence-electron chi connectivity index (χ0n) is 10.8. The van der Waals surface area contributed by atoms with Gasteiger partial charge in [-0.25, -0.2) is 0 Å². The van der Waals surface area contributed by atoms with Crippen LogP contribution < -0.4 is 5.32 Å². The highest BCUT2D eigenvalue weighted by Crippen LogP contribution is 2.24. The molecule has 1 aliphatic carbocycles. The van der Waals surface area contributed by atoms with Gasteiger partial charge in [0.25, 0.3) is 0 Å².